The number of carbonyl (C=O) groups is 1. The molecule has 1 heterocycles. The minimum Gasteiger partial charge on any atom is -0.508 e. The van der Waals surface area contributed by atoms with Crippen LogP contribution in [0.2, 0.25) is 0 Å². The van der Waals surface area contributed by atoms with Crippen LogP contribution in [0.3, 0.4) is 0 Å². The summed E-state index contributed by atoms with van der Waals surface area (Å²) in [6.07, 6.45) is 0. The van der Waals surface area contributed by atoms with Crippen molar-refractivity contribution < 1.29 is 9.90 Å². The molecular weight excluding hydrogens is 216 g/mol. The van der Waals surface area contributed by atoms with Gasteiger partial charge >= 0.3 is 0 Å². The van der Waals surface area contributed by atoms with E-state index in [2.05, 4.69) is 5.32 Å². The minimum absolute atomic E-state index is 0.00528. The van der Waals surface area contributed by atoms with E-state index in [9.17, 15) is 9.90 Å². The molecule has 17 heavy (non-hydrogen) atoms. The molecule has 4 nitrogen and oxygen atoms in total. The second-order valence-electron chi connectivity index (χ2n) is 4.55. The topological polar surface area (TPSA) is 52.6 Å². The Bertz CT molecular complexity index is 431. The molecule has 0 bridgehead atoms. The SMILES string of the molecule is Cc1ccc(C(=O)N2CCNC[C@H]2C)cc1O. The summed E-state index contributed by atoms with van der Waals surface area (Å²) >= 11 is 0. The third kappa shape index (κ3) is 2.42. The van der Waals surface area contributed by atoms with Crippen LogP contribution in [0, 0.1) is 6.92 Å². The average Bonchev–Trinajstić information content (AvgIpc) is 2.32. The molecule has 1 aromatic carbocycles. The predicted octanol–water partition coefficient (Wildman–Crippen LogP) is 1.13. The molecule has 2 rings (SSSR count). The second-order valence-corrected chi connectivity index (χ2v) is 4.55. The first-order valence-corrected chi connectivity index (χ1v) is 5.91. The standard InChI is InChI=1S/C13H18N2O2/c1-9-3-4-11(7-12(9)16)13(17)15-6-5-14-8-10(15)2/h3-4,7,10,14,16H,5-6,8H2,1-2H3/t10-/m1/s1. The largest absolute Gasteiger partial charge is 0.508 e. The number of nitrogens with one attached hydrogen (secondary N) is 1. The van der Waals surface area contributed by atoms with Gasteiger partial charge in [0.15, 0.2) is 0 Å². The van der Waals surface area contributed by atoms with Crippen LogP contribution < -0.4 is 5.32 Å². The number of aromatic hydroxyl groups is 1. The Labute approximate surface area is 101 Å². The highest BCUT2D eigenvalue weighted by Gasteiger charge is 2.24. The highest BCUT2D eigenvalue weighted by Crippen LogP contribution is 2.19. The zero-order chi connectivity index (χ0) is 12.4. The summed E-state index contributed by atoms with van der Waals surface area (Å²) in [4.78, 5) is 14.1. The molecule has 0 unspecified atom stereocenters. The van der Waals surface area contributed by atoms with Crippen molar-refractivity contribution in [3.8, 4) is 5.75 Å². The number of phenolic OH excluding ortho intramolecular Hbond substituents is 1. The van der Waals surface area contributed by atoms with Gasteiger partial charge in [0.25, 0.3) is 5.91 Å². The molecule has 1 saturated heterocycles. The van der Waals surface area contributed by atoms with E-state index in [1.165, 1.54) is 0 Å². The summed E-state index contributed by atoms with van der Waals surface area (Å²) in [6.45, 7) is 6.21. The molecule has 1 aromatic rings. The van der Waals surface area contributed by atoms with Crippen LogP contribution in [0.15, 0.2) is 18.2 Å². The molecule has 1 aliphatic rings. The summed E-state index contributed by atoms with van der Waals surface area (Å²) in [5.41, 5.74) is 1.34. The van der Waals surface area contributed by atoms with Crippen molar-refractivity contribution in [3.63, 3.8) is 0 Å². The number of aryl methyl sites for hydroxylation is 1. The maximum Gasteiger partial charge on any atom is 0.254 e. The Kier molecular flexibility index (Phi) is 3.33. The smallest absolute Gasteiger partial charge is 0.254 e. The van der Waals surface area contributed by atoms with Gasteiger partial charge in [0, 0.05) is 31.2 Å². The quantitative estimate of drug-likeness (QED) is 0.766. The number of benzene rings is 1. The molecule has 1 atom stereocenters. The van der Waals surface area contributed by atoms with E-state index in [0.29, 0.717) is 12.1 Å². The zero-order valence-corrected chi connectivity index (χ0v) is 10.2. The monoisotopic (exact) mass is 234 g/mol. The molecule has 1 amide bonds. The predicted molar refractivity (Wildman–Crippen MR) is 66.2 cm³/mol. The lowest BCUT2D eigenvalue weighted by molar-refractivity contribution is 0.0655. The van der Waals surface area contributed by atoms with Gasteiger partial charge in [-0.05, 0) is 31.5 Å². The Morgan fingerprint density at radius 3 is 2.94 bits per heavy atom. The molecule has 0 aliphatic carbocycles. The summed E-state index contributed by atoms with van der Waals surface area (Å²) < 4.78 is 0. The Morgan fingerprint density at radius 2 is 2.29 bits per heavy atom. The van der Waals surface area contributed by atoms with Gasteiger partial charge in [-0.3, -0.25) is 4.79 Å². The fourth-order valence-electron chi connectivity index (χ4n) is 2.05. The van der Waals surface area contributed by atoms with Crippen molar-refractivity contribution >= 4 is 5.91 Å². The van der Waals surface area contributed by atoms with Gasteiger partial charge in [-0.1, -0.05) is 6.07 Å². The molecule has 92 valence electrons. The van der Waals surface area contributed by atoms with Gasteiger partial charge in [0.05, 0.1) is 0 Å². The Morgan fingerprint density at radius 1 is 1.53 bits per heavy atom. The molecule has 1 aliphatic heterocycles. The first kappa shape index (κ1) is 11.9. The van der Waals surface area contributed by atoms with Gasteiger partial charge in [-0.2, -0.15) is 0 Å². The lowest BCUT2D eigenvalue weighted by Crippen LogP contribution is -2.52. The lowest BCUT2D eigenvalue weighted by atomic mass is 10.1. The van der Waals surface area contributed by atoms with Crippen LogP contribution >= 0.6 is 0 Å². The van der Waals surface area contributed by atoms with Crippen LogP contribution in [-0.2, 0) is 0 Å². The summed E-state index contributed by atoms with van der Waals surface area (Å²) in [5.74, 6) is 0.174. The van der Waals surface area contributed by atoms with E-state index in [1.807, 2.05) is 18.7 Å². The van der Waals surface area contributed by atoms with E-state index in [-0.39, 0.29) is 17.7 Å². The van der Waals surface area contributed by atoms with E-state index in [0.717, 1.165) is 18.7 Å². The molecule has 0 radical (unpaired) electrons. The second kappa shape index (κ2) is 4.75. The van der Waals surface area contributed by atoms with Gasteiger partial charge in [0.2, 0.25) is 0 Å². The Hall–Kier alpha value is -1.55. The number of hydrogen-bond acceptors (Lipinski definition) is 3. The summed E-state index contributed by atoms with van der Waals surface area (Å²) in [7, 11) is 0. The number of amides is 1. The van der Waals surface area contributed by atoms with Crippen molar-refractivity contribution in [2.75, 3.05) is 19.6 Å². The van der Waals surface area contributed by atoms with Gasteiger partial charge in [0.1, 0.15) is 5.75 Å². The first-order chi connectivity index (χ1) is 8.09. The highest BCUT2D eigenvalue weighted by molar-refractivity contribution is 5.95. The van der Waals surface area contributed by atoms with Crippen LogP contribution in [-0.4, -0.2) is 41.6 Å². The molecule has 1 fully saturated rings. The maximum atomic E-state index is 12.3. The third-order valence-electron chi connectivity index (χ3n) is 3.22. The van der Waals surface area contributed by atoms with Crippen molar-refractivity contribution in [1.82, 2.24) is 10.2 Å². The highest BCUT2D eigenvalue weighted by atomic mass is 16.3. The zero-order valence-electron chi connectivity index (χ0n) is 10.2. The molecule has 2 N–H and O–H groups in total. The molecular formula is C13H18N2O2. The number of rotatable bonds is 1. The van der Waals surface area contributed by atoms with Crippen molar-refractivity contribution in [2.45, 2.75) is 19.9 Å². The number of hydrogen-bond donors (Lipinski definition) is 2. The third-order valence-corrected chi connectivity index (χ3v) is 3.22. The van der Waals surface area contributed by atoms with Crippen LogP contribution in [0.4, 0.5) is 0 Å². The summed E-state index contributed by atoms with van der Waals surface area (Å²) in [6, 6.07) is 5.29. The molecule has 0 saturated carbocycles. The van der Waals surface area contributed by atoms with Gasteiger partial charge in [-0.15, -0.1) is 0 Å². The normalized spacial score (nSPS) is 20.4. The van der Waals surface area contributed by atoms with E-state index < -0.39 is 0 Å². The fraction of sp³-hybridized carbons (Fsp3) is 0.462. The van der Waals surface area contributed by atoms with E-state index in [4.69, 9.17) is 0 Å². The van der Waals surface area contributed by atoms with Crippen molar-refractivity contribution in [1.29, 1.82) is 0 Å². The number of carbonyl (C=O) groups excluding carboxylic acids is 1. The molecule has 0 spiro atoms. The first-order valence-electron chi connectivity index (χ1n) is 5.91. The number of phenols is 1. The van der Waals surface area contributed by atoms with Crippen molar-refractivity contribution in [3.05, 3.63) is 29.3 Å². The van der Waals surface area contributed by atoms with Gasteiger partial charge in [-0.25, -0.2) is 0 Å². The number of nitrogens with zero attached hydrogens (tertiary/aromatic N) is 1. The van der Waals surface area contributed by atoms with E-state index >= 15 is 0 Å². The maximum absolute atomic E-state index is 12.3. The van der Waals surface area contributed by atoms with Crippen LogP contribution in [0.5, 0.6) is 5.75 Å². The summed E-state index contributed by atoms with van der Waals surface area (Å²) in [5, 5.41) is 12.9. The molecule has 4 heteroatoms. The fourth-order valence-corrected chi connectivity index (χ4v) is 2.05. The number of piperazine rings is 1. The van der Waals surface area contributed by atoms with Gasteiger partial charge < -0.3 is 15.3 Å². The van der Waals surface area contributed by atoms with Crippen LogP contribution in [0.25, 0.3) is 0 Å². The van der Waals surface area contributed by atoms with Crippen LogP contribution in [0.1, 0.15) is 22.8 Å². The average molecular weight is 234 g/mol. The Balaban J connectivity index is 2.21. The van der Waals surface area contributed by atoms with E-state index in [1.54, 1.807) is 18.2 Å². The lowest BCUT2D eigenvalue weighted by Gasteiger charge is -2.34. The minimum atomic E-state index is -0.00528. The van der Waals surface area contributed by atoms with Crippen molar-refractivity contribution in [2.24, 2.45) is 0 Å². The molecule has 0 aromatic heterocycles.